The van der Waals surface area contributed by atoms with Gasteiger partial charge >= 0.3 is 0 Å². The zero-order valence-electron chi connectivity index (χ0n) is 18.6. The predicted molar refractivity (Wildman–Crippen MR) is 130 cm³/mol. The molecular formula is C26H21FN6O2. The lowest BCUT2D eigenvalue weighted by atomic mass is 10.1. The molecule has 4 aromatic heterocycles. The number of phenolic OH excluding ortho intramolecular Hbond substituents is 1. The van der Waals surface area contributed by atoms with Gasteiger partial charge in [-0.25, -0.2) is 13.9 Å². The molecular weight excluding hydrogens is 447 g/mol. The minimum absolute atomic E-state index is 0.194. The Morgan fingerprint density at radius 2 is 1.94 bits per heavy atom. The first kappa shape index (κ1) is 21.0. The quantitative estimate of drug-likeness (QED) is 0.407. The molecule has 8 nitrogen and oxygen atoms in total. The van der Waals surface area contributed by atoms with E-state index in [9.17, 15) is 14.3 Å². The van der Waals surface area contributed by atoms with Crippen molar-refractivity contribution in [3.05, 3.63) is 94.9 Å². The molecule has 0 unspecified atom stereocenters. The van der Waals surface area contributed by atoms with Gasteiger partial charge in [0.25, 0.3) is 5.56 Å². The number of hydrogen-bond donors (Lipinski definition) is 2. The third kappa shape index (κ3) is 3.80. The zero-order valence-corrected chi connectivity index (χ0v) is 18.6. The fourth-order valence-corrected chi connectivity index (χ4v) is 4.71. The second kappa shape index (κ2) is 8.35. The summed E-state index contributed by atoms with van der Waals surface area (Å²) in [6.45, 7) is 0.703. The molecule has 1 aliphatic rings. The monoisotopic (exact) mass is 468 g/mol. The van der Waals surface area contributed by atoms with Gasteiger partial charge in [0.05, 0.1) is 17.9 Å². The molecule has 1 aromatic carbocycles. The SMILES string of the molecule is O=c1[nH]cc(F)cc1[C@H]1CCCN1c1ccc2ncc(-c3cc(-c4cccc(O)c4)ccn3)n2n1. The lowest BCUT2D eigenvalue weighted by Crippen LogP contribution is -2.29. The van der Waals surface area contributed by atoms with Crippen LogP contribution in [0.3, 0.4) is 0 Å². The van der Waals surface area contributed by atoms with Gasteiger partial charge in [0.1, 0.15) is 23.1 Å². The van der Waals surface area contributed by atoms with Crippen molar-refractivity contribution in [1.29, 1.82) is 0 Å². The van der Waals surface area contributed by atoms with E-state index in [0.29, 0.717) is 35.0 Å². The Morgan fingerprint density at radius 3 is 2.83 bits per heavy atom. The Labute approximate surface area is 199 Å². The van der Waals surface area contributed by atoms with Crippen molar-refractivity contribution in [1.82, 2.24) is 24.6 Å². The lowest BCUT2D eigenvalue weighted by molar-refractivity contribution is 0.475. The van der Waals surface area contributed by atoms with Crippen LogP contribution >= 0.6 is 0 Å². The number of hydrogen-bond acceptors (Lipinski definition) is 6. The van der Waals surface area contributed by atoms with Gasteiger partial charge in [-0.2, -0.15) is 0 Å². The maximum Gasteiger partial charge on any atom is 0.253 e. The number of fused-ring (bicyclic) bond motifs is 1. The van der Waals surface area contributed by atoms with Gasteiger partial charge < -0.3 is 15.0 Å². The van der Waals surface area contributed by atoms with E-state index in [1.54, 1.807) is 35.1 Å². The highest BCUT2D eigenvalue weighted by atomic mass is 19.1. The minimum atomic E-state index is -0.468. The van der Waals surface area contributed by atoms with Crippen LogP contribution in [-0.2, 0) is 0 Å². The van der Waals surface area contributed by atoms with E-state index in [1.807, 2.05) is 35.2 Å². The number of imidazole rings is 1. The topological polar surface area (TPSA) is 99.4 Å². The number of aromatic hydroxyl groups is 1. The summed E-state index contributed by atoms with van der Waals surface area (Å²) in [6.07, 6.45) is 6.11. The van der Waals surface area contributed by atoms with Crippen LogP contribution in [0.25, 0.3) is 28.2 Å². The first-order valence-corrected chi connectivity index (χ1v) is 11.3. The number of halogens is 1. The normalized spacial score (nSPS) is 15.7. The summed E-state index contributed by atoms with van der Waals surface area (Å²) in [7, 11) is 0. The second-order valence-electron chi connectivity index (χ2n) is 8.54. The van der Waals surface area contributed by atoms with E-state index in [1.165, 1.54) is 6.07 Å². The molecule has 0 amide bonds. The van der Waals surface area contributed by atoms with Gasteiger partial charge in [0.2, 0.25) is 0 Å². The number of rotatable bonds is 4. The molecule has 1 saturated heterocycles. The highest BCUT2D eigenvalue weighted by molar-refractivity contribution is 5.71. The Balaban J connectivity index is 1.40. The highest BCUT2D eigenvalue weighted by Crippen LogP contribution is 2.34. The molecule has 2 N–H and O–H groups in total. The molecule has 0 saturated carbocycles. The van der Waals surface area contributed by atoms with E-state index in [-0.39, 0.29) is 17.4 Å². The molecule has 174 valence electrons. The molecule has 5 heterocycles. The van der Waals surface area contributed by atoms with Crippen molar-refractivity contribution in [2.75, 3.05) is 11.4 Å². The molecule has 0 spiro atoms. The standard InChI is InChI=1S/C26H21FN6O2/c27-18-13-20(26(35)30-14-18)22-5-2-10-32(22)25-7-6-24-29-15-23(33(24)31-25)21-12-17(8-9-28-21)16-3-1-4-19(34)11-16/h1,3-4,6-9,11-15,22,34H,2,5,10H2,(H,30,35)/t22-/m1/s1. The van der Waals surface area contributed by atoms with Gasteiger partial charge in [0.15, 0.2) is 5.65 Å². The Morgan fingerprint density at radius 1 is 1.06 bits per heavy atom. The fraction of sp³-hybridized carbons (Fsp3) is 0.154. The van der Waals surface area contributed by atoms with E-state index < -0.39 is 5.82 Å². The minimum Gasteiger partial charge on any atom is -0.508 e. The maximum atomic E-state index is 13.9. The van der Waals surface area contributed by atoms with Crippen molar-refractivity contribution in [2.45, 2.75) is 18.9 Å². The average molecular weight is 468 g/mol. The summed E-state index contributed by atoms with van der Waals surface area (Å²) in [4.78, 5) is 25.9. The summed E-state index contributed by atoms with van der Waals surface area (Å²) >= 11 is 0. The molecule has 1 fully saturated rings. The second-order valence-corrected chi connectivity index (χ2v) is 8.54. The fourth-order valence-electron chi connectivity index (χ4n) is 4.71. The van der Waals surface area contributed by atoms with Gasteiger partial charge in [0, 0.05) is 24.5 Å². The van der Waals surface area contributed by atoms with Crippen LogP contribution in [0.1, 0.15) is 24.4 Å². The van der Waals surface area contributed by atoms with Crippen molar-refractivity contribution >= 4 is 11.5 Å². The molecule has 0 bridgehead atoms. The number of H-pyrrole nitrogens is 1. The van der Waals surface area contributed by atoms with Crippen LogP contribution in [0, 0.1) is 5.82 Å². The predicted octanol–water partition coefficient (Wildman–Crippen LogP) is 4.33. The maximum absolute atomic E-state index is 13.9. The summed E-state index contributed by atoms with van der Waals surface area (Å²) in [5, 5.41) is 14.7. The van der Waals surface area contributed by atoms with Crippen LogP contribution in [0.2, 0.25) is 0 Å². The molecule has 0 aliphatic carbocycles. The van der Waals surface area contributed by atoms with Crippen molar-refractivity contribution < 1.29 is 9.50 Å². The number of benzene rings is 1. The first-order chi connectivity index (χ1) is 17.1. The Bertz CT molecular complexity index is 1610. The third-order valence-electron chi connectivity index (χ3n) is 6.35. The third-order valence-corrected chi connectivity index (χ3v) is 6.35. The number of pyridine rings is 2. The Kier molecular flexibility index (Phi) is 5.02. The van der Waals surface area contributed by atoms with Gasteiger partial charge in [-0.05, 0) is 66.4 Å². The molecule has 5 aromatic rings. The molecule has 9 heteroatoms. The van der Waals surface area contributed by atoms with Crippen molar-refractivity contribution in [2.24, 2.45) is 0 Å². The lowest BCUT2D eigenvalue weighted by Gasteiger charge is -2.25. The van der Waals surface area contributed by atoms with Crippen LogP contribution in [0.4, 0.5) is 10.2 Å². The smallest absolute Gasteiger partial charge is 0.253 e. The van der Waals surface area contributed by atoms with E-state index in [2.05, 4.69) is 15.0 Å². The number of anilines is 1. The van der Waals surface area contributed by atoms with Crippen LogP contribution in [-0.4, -0.2) is 36.2 Å². The molecule has 1 aliphatic heterocycles. The number of nitrogens with one attached hydrogen (secondary N) is 1. The average Bonchev–Trinajstić information content (AvgIpc) is 3.52. The van der Waals surface area contributed by atoms with E-state index in [0.717, 1.165) is 30.2 Å². The first-order valence-electron chi connectivity index (χ1n) is 11.3. The van der Waals surface area contributed by atoms with E-state index >= 15 is 0 Å². The Hall–Kier alpha value is -4.53. The van der Waals surface area contributed by atoms with E-state index in [4.69, 9.17) is 5.10 Å². The van der Waals surface area contributed by atoms with Crippen LogP contribution < -0.4 is 10.5 Å². The van der Waals surface area contributed by atoms with Gasteiger partial charge in [-0.1, -0.05) is 12.1 Å². The van der Waals surface area contributed by atoms with Gasteiger partial charge in [-0.15, -0.1) is 5.10 Å². The van der Waals surface area contributed by atoms with Crippen LogP contribution in [0.15, 0.2) is 78.0 Å². The number of phenols is 1. The molecule has 6 rings (SSSR count). The number of aromatic amines is 1. The molecule has 0 radical (unpaired) electrons. The summed E-state index contributed by atoms with van der Waals surface area (Å²) in [5.41, 5.74) is 3.94. The largest absolute Gasteiger partial charge is 0.508 e. The number of aromatic nitrogens is 5. The summed E-state index contributed by atoms with van der Waals surface area (Å²) in [5.74, 6) is 0.399. The van der Waals surface area contributed by atoms with Gasteiger partial charge in [-0.3, -0.25) is 9.78 Å². The molecule has 1 atom stereocenters. The van der Waals surface area contributed by atoms with Crippen molar-refractivity contribution in [3.63, 3.8) is 0 Å². The number of nitrogens with zero attached hydrogens (tertiary/aromatic N) is 5. The zero-order chi connectivity index (χ0) is 23.9. The highest BCUT2D eigenvalue weighted by Gasteiger charge is 2.30. The molecule has 35 heavy (non-hydrogen) atoms. The van der Waals surface area contributed by atoms with Crippen LogP contribution in [0.5, 0.6) is 5.75 Å². The summed E-state index contributed by atoms with van der Waals surface area (Å²) in [6, 6.07) is 15.6. The summed E-state index contributed by atoms with van der Waals surface area (Å²) < 4.78 is 15.6. The van der Waals surface area contributed by atoms with Crippen molar-refractivity contribution in [3.8, 4) is 28.3 Å².